The maximum atomic E-state index is 12.8. The summed E-state index contributed by atoms with van der Waals surface area (Å²) in [5.41, 5.74) is 0.254. The second kappa shape index (κ2) is 8.54. The van der Waals surface area contributed by atoms with E-state index >= 15 is 0 Å². The molecule has 1 heterocycles. The lowest BCUT2D eigenvalue weighted by atomic mass is 10.0. The molecule has 0 saturated carbocycles. The number of piperazine rings is 1. The van der Waals surface area contributed by atoms with Crippen molar-refractivity contribution in [1.29, 1.82) is 0 Å². The van der Waals surface area contributed by atoms with Gasteiger partial charge in [0.2, 0.25) is 11.8 Å². The summed E-state index contributed by atoms with van der Waals surface area (Å²) in [5, 5.41) is 6.07. The fourth-order valence-corrected chi connectivity index (χ4v) is 3.14. The molecule has 1 aromatic rings. The molecule has 0 bridgehead atoms. The van der Waals surface area contributed by atoms with E-state index in [0.717, 1.165) is 0 Å². The SMILES string of the molecule is CC(C)C[C@@H](NC(=O)c1ccc(Cl)cc1Cl)C(=O)N1CCNC(=O)C1. The minimum absolute atomic E-state index is 0.00496. The van der Waals surface area contributed by atoms with Gasteiger partial charge in [-0.05, 0) is 30.5 Å². The average molecular weight is 386 g/mol. The van der Waals surface area contributed by atoms with Gasteiger partial charge in [0.05, 0.1) is 17.1 Å². The van der Waals surface area contributed by atoms with Crippen molar-refractivity contribution in [3.05, 3.63) is 33.8 Å². The fraction of sp³-hybridized carbons (Fsp3) is 0.471. The van der Waals surface area contributed by atoms with Crippen molar-refractivity contribution in [2.45, 2.75) is 26.3 Å². The van der Waals surface area contributed by atoms with E-state index < -0.39 is 11.9 Å². The standard InChI is InChI=1S/C17H21Cl2N3O3/c1-10(2)7-14(17(25)22-6-5-20-15(23)9-22)21-16(24)12-4-3-11(18)8-13(12)19/h3-4,8,10,14H,5-7,9H2,1-2H3,(H,20,23)(H,21,24)/t14-/m1/s1. The third-order valence-electron chi connectivity index (χ3n) is 3.84. The normalized spacial score (nSPS) is 15.7. The number of hydrogen-bond acceptors (Lipinski definition) is 3. The maximum absolute atomic E-state index is 12.8. The predicted octanol–water partition coefficient (Wildman–Crippen LogP) is 2.10. The Labute approximate surface area is 156 Å². The van der Waals surface area contributed by atoms with E-state index in [-0.39, 0.29) is 34.9 Å². The van der Waals surface area contributed by atoms with Gasteiger partial charge in [-0.3, -0.25) is 14.4 Å². The Morgan fingerprint density at radius 3 is 2.64 bits per heavy atom. The van der Waals surface area contributed by atoms with E-state index in [0.29, 0.717) is 24.5 Å². The molecule has 1 aliphatic rings. The minimum Gasteiger partial charge on any atom is -0.353 e. The van der Waals surface area contributed by atoms with Gasteiger partial charge in [0.15, 0.2) is 0 Å². The van der Waals surface area contributed by atoms with Gasteiger partial charge in [-0.15, -0.1) is 0 Å². The van der Waals surface area contributed by atoms with Crippen molar-refractivity contribution in [3.8, 4) is 0 Å². The summed E-state index contributed by atoms with van der Waals surface area (Å²) in [5.74, 6) is -0.715. The Morgan fingerprint density at radius 1 is 1.32 bits per heavy atom. The minimum atomic E-state index is -0.717. The molecule has 0 aliphatic carbocycles. The summed E-state index contributed by atoms with van der Waals surface area (Å²) in [6.45, 7) is 4.77. The summed E-state index contributed by atoms with van der Waals surface area (Å²) in [7, 11) is 0. The number of halogens is 2. The van der Waals surface area contributed by atoms with Crippen molar-refractivity contribution >= 4 is 40.9 Å². The van der Waals surface area contributed by atoms with Gasteiger partial charge < -0.3 is 15.5 Å². The van der Waals surface area contributed by atoms with Crippen LogP contribution in [0.2, 0.25) is 10.0 Å². The van der Waals surface area contributed by atoms with Crippen LogP contribution in [0.1, 0.15) is 30.6 Å². The molecule has 1 saturated heterocycles. The number of amides is 3. The molecule has 1 fully saturated rings. The Balaban J connectivity index is 2.15. The molecular formula is C17H21Cl2N3O3. The van der Waals surface area contributed by atoms with Crippen LogP contribution in [-0.4, -0.2) is 48.3 Å². The quantitative estimate of drug-likeness (QED) is 0.814. The first-order valence-electron chi connectivity index (χ1n) is 8.09. The van der Waals surface area contributed by atoms with Gasteiger partial charge in [0, 0.05) is 18.1 Å². The van der Waals surface area contributed by atoms with Crippen LogP contribution in [0, 0.1) is 5.92 Å². The highest BCUT2D eigenvalue weighted by Gasteiger charge is 2.30. The molecular weight excluding hydrogens is 365 g/mol. The number of carbonyl (C=O) groups excluding carboxylic acids is 3. The highest BCUT2D eigenvalue weighted by Crippen LogP contribution is 2.21. The molecule has 1 atom stereocenters. The largest absolute Gasteiger partial charge is 0.353 e. The van der Waals surface area contributed by atoms with Crippen LogP contribution in [0.4, 0.5) is 0 Å². The number of nitrogens with one attached hydrogen (secondary N) is 2. The van der Waals surface area contributed by atoms with Crippen molar-refractivity contribution in [2.24, 2.45) is 5.92 Å². The second-order valence-corrected chi connectivity index (χ2v) is 7.23. The van der Waals surface area contributed by atoms with Crippen LogP contribution >= 0.6 is 23.2 Å². The van der Waals surface area contributed by atoms with E-state index in [9.17, 15) is 14.4 Å². The maximum Gasteiger partial charge on any atom is 0.253 e. The smallest absolute Gasteiger partial charge is 0.253 e. The molecule has 25 heavy (non-hydrogen) atoms. The number of rotatable bonds is 5. The highest BCUT2D eigenvalue weighted by molar-refractivity contribution is 6.36. The molecule has 2 N–H and O–H groups in total. The molecule has 0 spiro atoms. The van der Waals surface area contributed by atoms with Crippen LogP contribution in [0.25, 0.3) is 0 Å². The molecule has 136 valence electrons. The summed E-state index contributed by atoms with van der Waals surface area (Å²) in [6, 6.07) is 3.85. The van der Waals surface area contributed by atoms with Gasteiger partial charge in [0.25, 0.3) is 5.91 Å². The highest BCUT2D eigenvalue weighted by atomic mass is 35.5. The number of hydrogen-bond donors (Lipinski definition) is 2. The molecule has 0 unspecified atom stereocenters. The topological polar surface area (TPSA) is 78.5 Å². The molecule has 1 aromatic carbocycles. The first-order valence-corrected chi connectivity index (χ1v) is 8.85. The van der Waals surface area contributed by atoms with Crippen LogP contribution in [0.5, 0.6) is 0 Å². The zero-order valence-electron chi connectivity index (χ0n) is 14.1. The summed E-state index contributed by atoms with van der Waals surface area (Å²) < 4.78 is 0. The lowest BCUT2D eigenvalue weighted by Gasteiger charge is -2.31. The van der Waals surface area contributed by atoms with Crippen molar-refractivity contribution in [2.75, 3.05) is 19.6 Å². The van der Waals surface area contributed by atoms with Gasteiger partial charge in [-0.1, -0.05) is 37.0 Å². The predicted molar refractivity (Wildman–Crippen MR) is 96.8 cm³/mol. The lowest BCUT2D eigenvalue weighted by molar-refractivity contribution is -0.139. The molecule has 2 rings (SSSR count). The molecule has 0 aromatic heterocycles. The molecule has 3 amide bonds. The zero-order chi connectivity index (χ0) is 18.6. The monoisotopic (exact) mass is 385 g/mol. The Bertz CT molecular complexity index is 679. The van der Waals surface area contributed by atoms with Gasteiger partial charge in [0.1, 0.15) is 6.04 Å². The van der Waals surface area contributed by atoms with E-state index in [1.807, 2.05) is 13.8 Å². The Kier molecular flexibility index (Phi) is 6.67. The number of carbonyl (C=O) groups is 3. The summed E-state index contributed by atoms with van der Waals surface area (Å²) in [4.78, 5) is 38.3. The van der Waals surface area contributed by atoms with Gasteiger partial charge in [-0.25, -0.2) is 0 Å². The van der Waals surface area contributed by atoms with E-state index in [1.165, 1.54) is 17.0 Å². The fourth-order valence-electron chi connectivity index (χ4n) is 2.65. The second-order valence-electron chi connectivity index (χ2n) is 6.39. The van der Waals surface area contributed by atoms with Gasteiger partial charge in [-0.2, -0.15) is 0 Å². The Morgan fingerprint density at radius 2 is 2.04 bits per heavy atom. The number of nitrogens with zero attached hydrogens (tertiary/aromatic N) is 1. The molecule has 8 heteroatoms. The zero-order valence-corrected chi connectivity index (χ0v) is 15.7. The van der Waals surface area contributed by atoms with Crippen molar-refractivity contribution in [3.63, 3.8) is 0 Å². The van der Waals surface area contributed by atoms with E-state index in [2.05, 4.69) is 10.6 Å². The van der Waals surface area contributed by atoms with Crippen molar-refractivity contribution in [1.82, 2.24) is 15.5 Å². The summed E-state index contributed by atoms with van der Waals surface area (Å²) in [6.07, 6.45) is 0.466. The third kappa shape index (κ3) is 5.34. The van der Waals surface area contributed by atoms with Crippen LogP contribution in [-0.2, 0) is 9.59 Å². The van der Waals surface area contributed by atoms with Crippen LogP contribution in [0.15, 0.2) is 18.2 Å². The van der Waals surface area contributed by atoms with Gasteiger partial charge >= 0.3 is 0 Å². The van der Waals surface area contributed by atoms with Crippen LogP contribution < -0.4 is 10.6 Å². The van der Waals surface area contributed by atoms with Crippen LogP contribution in [0.3, 0.4) is 0 Å². The lowest BCUT2D eigenvalue weighted by Crippen LogP contribution is -2.56. The number of benzene rings is 1. The Hall–Kier alpha value is -1.79. The van der Waals surface area contributed by atoms with E-state index in [1.54, 1.807) is 6.07 Å². The first-order chi connectivity index (χ1) is 11.8. The first kappa shape index (κ1) is 19.5. The average Bonchev–Trinajstić information content (AvgIpc) is 2.53. The third-order valence-corrected chi connectivity index (χ3v) is 4.38. The van der Waals surface area contributed by atoms with Crippen molar-refractivity contribution < 1.29 is 14.4 Å². The van der Waals surface area contributed by atoms with E-state index in [4.69, 9.17) is 23.2 Å². The molecule has 6 nitrogen and oxygen atoms in total. The molecule has 1 aliphatic heterocycles. The molecule has 0 radical (unpaired) electrons. The summed E-state index contributed by atoms with van der Waals surface area (Å²) >= 11 is 11.9.